The highest BCUT2D eigenvalue weighted by atomic mass is 16.5. The molecule has 0 aromatic heterocycles. The molecule has 0 aliphatic rings. The smallest absolute Gasteiger partial charge is 0.306 e. The number of hydrogen-bond donors (Lipinski definition) is 0. The Morgan fingerprint density at radius 3 is 2.21 bits per heavy atom. The van der Waals surface area contributed by atoms with Gasteiger partial charge in [-0.3, -0.25) is 9.59 Å². The van der Waals surface area contributed by atoms with Crippen LogP contribution < -0.4 is 0 Å². The standard InChI is InChI=1S/C15H20O4/c1-15(2,9-13(16)18-3)10-14(17)19-11-12-7-5-4-6-8-12/h4-8H,9-11H2,1-3H3. The Morgan fingerprint density at radius 2 is 1.63 bits per heavy atom. The molecule has 0 radical (unpaired) electrons. The molecule has 4 heteroatoms. The minimum Gasteiger partial charge on any atom is -0.469 e. The van der Waals surface area contributed by atoms with Crippen molar-refractivity contribution in [1.29, 1.82) is 0 Å². The molecule has 0 bridgehead atoms. The van der Waals surface area contributed by atoms with Gasteiger partial charge in [-0.2, -0.15) is 0 Å². The van der Waals surface area contributed by atoms with Gasteiger partial charge in [0.05, 0.1) is 20.0 Å². The predicted octanol–water partition coefficient (Wildman–Crippen LogP) is 2.71. The lowest BCUT2D eigenvalue weighted by molar-refractivity contribution is -0.149. The fourth-order valence-electron chi connectivity index (χ4n) is 1.71. The first-order valence-electron chi connectivity index (χ1n) is 6.19. The average molecular weight is 264 g/mol. The van der Waals surface area contributed by atoms with Crippen molar-refractivity contribution in [3.05, 3.63) is 35.9 Å². The molecule has 0 fully saturated rings. The lowest BCUT2D eigenvalue weighted by atomic mass is 9.86. The number of carbonyl (C=O) groups excluding carboxylic acids is 2. The third-order valence-corrected chi connectivity index (χ3v) is 2.72. The molecule has 0 aliphatic carbocycles. The van der Waals surface area contributed by atoms with Crippen molar-refractivity contribution in [3.63, 3.8) is 0 Å². The van der Waals surface area contributed by atoms with Gasteiger partial charge < -0.3 is 9.47 Å². The first-order valence-corrected chi connectivity index (χ1v) is 6.19. The van der Waals surface area contributed by atoms with E-state index in [0.717, 1.165) is 5.56 Å². The fourth-order valence-corrected chi connectivity index (χ4v) is 1.71. The maximum atomic E-state index is 11.7. The van der Waals surface area contributed by atoms with E-state index in [-0.39, 0.29) is 31.4 Å². The van der Waals surface area contributed by atoms with Crippen LogP contribution in [0.4, 0.5) is 0 Å². The number of benzene rings is 1. The van der Waals surface area contributed by atoms with Crippen molar-refractivity contribution in [2.24, 2.45) is 5.41 Å². The molecule has 0 N–H and O–H groups in total. The molecule has 0 atom stereocenters. The molecule has 4 nitrogen and oxygen atoms in total. The summed E-state index contributed by atoms with van der Waals surface area (Å²) >= 11 is 0. The molecule has 0 heterocycles. The summed E-state index contributed by atoms with van der Waals surface area (Å²) < 4.78 is 9.79. The van der Waals surface area contributed by atoms with Crippen molar-refractivity contribution in [2.75, 3.05) is 7.11 Å². The van der Waals surface area contributed by atoms with Gasteiger partial charge in [-0.25, -0.2) is 0 Å². The van der Waals surface area contributed by atoms with Crippen LogP contribution in [0.2, 0.25) is 0 Å². The SMILES string of the molecule is COC(=O)CC(C)(C)CC(=O)OCc1ccccc1. The normalized spacial score (nSPS) is 10.9. The summed E-state index contributed by atoms with van der Waals surface area (Å²) in [6.07, 6.45) is 0.388. The molecule has 0 aliphatic heterocycles. The molecule has 1 aromatic rings. The van der Waals surface area contributed by atoms with Gasteiger partial charge in [0.1, 0.15) is 6.61 Å². The molecule has 0 saturated carbocycles. The van der Waals surface area contributed by atoms with Crippen LogP contribution in [0, 0.1) is 5.41 Å². The van der Waals surface area contributed by atoms with E-state index in [2.05, 4.69) is 4.74 Å². The van der Waals surface area contributed by atoms with E-state index in [1.807, 2.05) is 44.2 Å². The molecule has 1 rings (SSSR count). The van der Waals surface area contributed by atoms with Gasteiger partial charge in [0.2, 0.25) is 0 Å². The number of esters is 2. The van der Waals surface area contributed by atoms with Gasteiger partial charge in [0.15, 0.2) is 0 Å². The third-order valence-electron chi connectivity index (χ3n) is 2.72. The maximum absolute atomic E-state index is 11.7. The number of carbonyl (C=O) groups is 2. The zero-order chi connectivity index (χ0) is 14.3. The quantitative estimate of drug-likeness (QED) is 0.741. The van der Waals surface area contributed by atoms with Crippen molar-refractivity contribution >= 4 is 11.9 Å². The van der Waals surface area contributed by atoms with E-state index >= 15 is 0 Å². The summed E-state index contributed by atoms with van der Waals surface area (Å²) in [4.78, 5) is 22.9. The van der Waals surface area contributed by atoms with Gasteiger partial charge in [0.25, 0.3) is 0 Å². The highest BCUT2D eigenvalue weighted by molar-refractivity contribution is 5.74. The Bertz CT molecular complexity index is 423. The Labute approximate surface area is 113 Å². The van der Waals surface area contributed by atoms with Crippen LogP contribution in [-0.2, 0) is 25.7 Å². The second-order valence-corrected chi connectivity index (χ2v) is 5.24. The second kappa shape index (κ2) is 6.92. The summed E-state index contributed by atoms with van der Waals surface area (Å²) in [7, 11) is 1.34. The minimum atomic E-state index is -0.457. The highest BCUT2D eigenvalue weighted by Gasteiger charge is 2.26. The largest absolute Gasteiger partial charge is 0.469 e. The van der Waals surface area contributed by atoms with Crippen molar-refractivity contribution < 1.29 is 19.1 Å². The topological polar surface area (TPSA) is 52.6 Å². The summed E-state index contributed by atoms with van der Waals surface area (Å²) in [5.41, 5.74) is 0.488. The van der Waals surface area contributed by atoms with Crippen LogP contribution in [0.3, 0.4) is 0 Å². The average Bonchev–Trinajstić information content (AvgIpc) is 2.36. The fraction of sp³-hybridized carbons (Fsp3) is 0.467. The van der Waals surface area contributed by atoms with E-state index in [1.54, 1.807) is 0 Å². The Balaban J connectivity index is 2.40. The van der Waals surface area contributed by atoms with Gasteiger partial charge in [-0.05, 0) is 11.0 Å². The summed E-state index contributed by atoms with van der Waals surface area (Å²) in [5.74, 6) is -0.626. The number of rotatable bonds is 6. The van der Waals surface area contributed by atoms with E-state index in [9.17, 15) is 9.59 Å². The van der Waals surface area contributed by atoms with Crippen LogP contribution in [0.1, 0.15) is 32.3 Å². The van der Waals surface area contributed by atoms with Gasteiger partial charge >= 0.3 is 11.9 Å². The third kappa shape index (κ3) is 6.04. The number of methoxy groups -OCH3 is 1. The van der Waals surface area contributed by atoms with Crippen LogP contribution in [0.25, 0.3) is 0 Å². The van der Waals surface area contributed by atoms with E-state index in [1.165, 1.54) is 7.11 Å². The van der Waals surface area contributed by atoms with Gasteiger partial charge in [0, 0.05) is 0 Å². The summed E-state index contributed by atoms with van der Waals surface area (Å²) in [6, 6.07) is 9.49. The first-order chi connectivity index (χ1) is 8.93. The molecule has 19 heavy (non-hydrogen) atoms. The van der Waals surface area contributed by atoms with E-state index < -0.39 is 5.41 Å². The van der Waals surface area contributed by atoms with Crippen LogP contribution >= 0.6 is 0 Å². The van der Waals surface area contributed by atoms with E-state index in [4.69, 9.17) is 4.74 Å². The Hall–Kier alpha value is -1.84. The molecule has 0 saturated heterocycles. The van der Waals surface area contributed by atoms with Crippen molar-refractivity contribution in [2.45, 2.75) is 33.3 Å². The lowest BCUT2D eigenvalue weighted by Crippen LogP contribution is -2.23. The predicted molar refractivity (Wildman–Crippen MR) is 71.3 cm³/mol. The van der Waals surface area contributed by atoms with Crippen molar-refractivity contribution in [3.8, 4) is 0 Å². The van der Waals surface area contributed by atoms with Gasteiger partial charge in [-0.1, -0.05) is 44.2 Å². The molecular weight excluding hydrogens is 244 g/mol. The Kier molecular flexibility index (Phi) is 5.55. The first kappa shape index (κ1) is 15.2. The van der Waals surface area contributed by atoms with Crippen molar-refractivity contribution in [1.82, 2.24) is 0 Å². The zero-order valence-electron chi connectivity index (χ0n) is 11.6. The second-order valence-electron chi connectivity index (χ2n) is 5.24. The molecule has 0 spiro atoms. The molecule has 0 unspecified atom stereocenters. The minimum absolute atomic E-state index is 0.189. The molecule has 104 valence electrons. The van der Waals surface area contributed by atoms with Crippen LogP contribution in [-0.4, -0.2) is 19.0 Å². The Morgan fingerprint density at radius 1 is 1.05 bits per heavy atom. The maximum Gasteiger partial charge on any atom is 0.306 e. The van der Waals surface area contributed by atoms with E-state index in [0.29, 0.717) is 0 Å². The molecule has 0 amide bonds. The van der Waals surface area contributed by atoms with Crippen LogP contribution in [0.15, 0.2) is 30.3 Å². The lowest BCUT2D eigenvalue weighted by Gasteiger charge is -2.21. The highest BCUT2D eigenvalue weighted by Crippen LogP contribution is 2.26. The zero-order valence-corrected chi connectivity index (χ0v) is 11.6. The summed E-state index contributed by atoms with van der Waals surface area (Å²) in [6.45, 7) is 3.94. The molecular formula is C15H20O4. The monoisotopic (exact) mass is 264 g/mol. The summed E-state index contributed by atoms with van der Waals surface area (Å²) in [5, 5.41) is 0. The molecule has 1 aromatic carbocycles. The van der Waals surface area contributed by atoms with Gasteiger partial charge in [-0.15, -0.1) is 0 Å². The number of ether oxygens (including phenoxy) is 2. The van der Waals surface area contributed by atoms with Crippen LogP contribution in [0.5, 0.6) is 0 Å². The number of hydrogen-bond acceptors (Lipinski definition) is 4.